The van der Waals surface area contributed by atoms with Gasteiger partial charge in [-0.25, -0.2) is 4.98 Å². The van der Waals surface area contributed by atoms with Gasteiger partial charge in [0, 0.05) is 0 Å². The lowest BCUT2D eigenvalue weighted by Crippen LogP contribution is -2.24. The van der Waals surface area contributed by atoms with Gasteiger partial charge >= 0.3 is 0 Å². The molecule has 3 rings (SSSR count). The molecule has 0 aliphatic rings. The minimum absolute atomic E-state index is 0.0249. The second-order valence-electron chi connectivity index (χ2n) is 4.95. The first-order chi connectivity index (χ1) is 10.2. The fourth-order valence-electron chi connectivity index (χ4n) is 2.43. The van der Waals surface area contributed by atoms with Crippen LogP contribution < -0.4 is 5.56 Å². The molecule has 1 aromatic heterocycles. The molecule has 0 fully saturated rings. The van der Waals surface area contributed by atoms with Crippen LogP contribution in [-0.2, 0) is 6.54 Å². The summed E-state index contributed by atoms with van der Waals surface area (Å²) in [5.74, 6) is 0. The number of thioether (sulfide) groups is 1. The van der Waals surface area contributed by atoms with E-state index in [-0.39, 0.29) is 5.56 Å². The third-order valence-electron chi connectivity index (χ3n) is 3.52. The summed E-state index contributed by atoms with van der Waals surface area (Å²) in [4.78, 5) is 17.5. The smallest absolute Gasteiger partial charge is 0.262 e. The van der Waals surface area contributed by atoms with E-state index in [2.05, 4.69) is 4.98 Å². The standard InChI is InChI=1S/C17H16N2OS/c1-12-7-6-10-14-15(12)18-17(21-2)19(16(14)20)11-13-8-4-3-5-9-13/h3-10H,11H2,1-2H3. The normalized spacial score (nSPS) is 11.0. The van der Waals surface area contributed by atoms with Gasteiger partial charge in [-0.1, -0.05) is 54.2 Å². The van der Waals surface area contributed by atoms with E-state index < -0.39 is 0 Å². The van der Waals surface area contributed by atoms with Crippen molar-refractivity contribution in [3.63, 3.8) is 0 Å². The lowest BCUT2D eigenvalue weighted by Gasteiger charge is -2.12. The van der Waals surface area contributed by atoms with Crippen LogP contribution in [-0.4, -0.2) is 15.8 Å². The minimum atomic E-state index is 0.0249. The van der Waals surface area contributed by atoms with Gasteiger partial charge in [-0.05, 0) is 30.4 Å². The molecule has 0 bridgehead atoms. The van der Waals surface area contributed by atoms with Crippen molar-refractivity contribution in [1.29, 1.82) is 0 Å². The molecule has 0 saturated heterocycles. The maximum Gasteiger partial charge on any atom is 0.262 e. The van der Waals surface area contributed by atoms with Gasteiger partial charge in [-0.3, -0.25) is 9.36 Å². The van der Waals surface area contributed by atoms with Crippen LogP contribution in [0.1, 0.15) is 11.1 Å². The number of aryl methyl sites for hydroxylation is 1. The van der Waals surface area contributed by atoms with Crippen molar-refractivity contribution in [2.24, 2.45) is 0 Å². The number of hydrogen-bond donors (Lipinski definition) is 0. The molecule has 4 heteroatoms. The molecule has 0 spiro atoms. The van der Waals surface area contributed by atoms with Crippen LogP contribution in [0, 0.1) is 6.92 Å². The fraction of sp³-hybridized carbons (Fsp3) is 0.176. The van der Waals surface area contributed by atoms with E-state index in [1.54, 1.807) is 4.57 Å². The Hall–Kier alpha value is -2.07. The van der Waals surface area contributed by atoms with Crippen LogP contribution in [0.25, 0.3) is 10.9 Å². The Balaban J connectivity index is 2.22. The molecule has 0 saturated carbocycles. The van der Waals surface area contributed by atoms with Gasteiger partial charge in [0.2, 0.25) is 0 Å². The van der Waals surface area contributed by atoms with Crippen molar-refractivity contribution < 1.29 is 0 Å². The predicted octanol–water partition coefficient (Wildman–Crippen LogP) is 3.48. The molecule has 2 aromatic carbocycles. The molecule has 0 atom stereocenters. The van der Waals surface area contributed by atoms with Gasteiger partial charge < -0.3 is 0 Å². The van der Waals surface area contributed by atoms with Crippen molar-refractivity contribution in [3.8, 4) is 0 Å². The highest BCUT2D eigenvalue weighted by atomic mass is 32.2. The zero-order valence-corrected chi connectivity index (χ0v) is 12.9. The molecule has 0 radical (unpaired) electrons. The molecule has 1 heterocycles. The summed E-state index contributed by atoms with van der Waals surface area (Å²) in [5.41, 5.74) is 2.96. The van der Waals surface area contributed by atoms with Gasteiger partial charge in [0.05, 0.1) is 17.4 Å². The van der Waals surface area contributed by atoms with Crippen LogP contribution in [0.15, 0.2) is 58.5 Å². The van der Waals surface area contributed by atoms with Crippen molar-refractivity contribution in [2.75, 3.05) is 6.26 Å². The third kappa shape index (κ3) is 2.59. The Kier molecular flexibility index (Phi) is 3.80. The van der Waals surface area contributed by atoms with Crippen LogP contribution in [0.5, 0.6) is 0 Å². The van der Waals surface area contributed by atoms with Gasteiger partial charge in [-0.2, -0.15) is 0 Å². The molecule has 3 aromatic rings. The molecular weight excluding hydrogens is 280 g/mol. The molecule has 21 heavy (non-hydrogen) atoms. The van der Waals surface area contributed by atoms with E-state index in [4.69, 9.17) is 0 Å². The molecule has 0 N–H and O–H groups in total. The van der Waals surface area contributed by atoms with Crippen molar-refractivity contribution >= 4 is 22.7 Å². The van der Waals surface area contributed by atoms with Crippen molar-refractivity contribution in [1.82, 2.24) is 9.55 Å². The van der Waals surface area contributed by atoms with E-state index in [0.29, 0.717) is 11.9 Å². The molecular formula is C17H16N2OS. The largest absolute Gasteiger partial charge is 0.283 e. The highest BCUT2D eigenvalue weighted by Crippen LogP contribution is 2.18. The maximum atomic E-state index is 12.8. The van der Waals surface area contributed by atoms with Gasteiger partial charge in [0.1, 0.15) is 0 Å². The summed E-state index contributed by atoms with van der Waals surface area (Å²) in [6, 6.07) is 15.7. The number of hydrogen-bond acceptors (Lipinski definition) is 3. The molecule has 0 aliphatic carbocycles. The van der Waals surface area contributed by atoms with E-state index in [1.807, 2.05) is 61.7 Å². The molecule has 3 nitrogen and oxygen atoms in total. The monoisotopic (exact) mass is 296 g/mol. The Morgan fingerprint density at radius 1 is 1.10 bits per heavy atom. The maximum absolute atomic E-state index is 12.8. The summed E-state index contributed by atoms with van der Waals surface area (Å²) in [6.45, 7) is 2.53. The zero-order chi connectivity index (χ0) is 14.8. The number of para-hydroxylation sites is 1. The van der Waals surface area contributed by atoms with Gasteiger partial charge in [-0.15, -0.1) is 0 Å². The van der Waals surface area contributed by atoms with Crippen LogP contribution in [0.3, 0.4) is 0 Å². The quantitative estimate of drug-likeness (QED) is 0.548. The average Bonchev–Trinajstić information content (AvgIpc) is 2.51. The highest BCUT2D eigenvalue weighted by molar-refractivity contribution is 7.98. The number of nitrogens with zero attached hydrogens (tertiary/aromatic N) is 2. The first-order valence-electron chi connectivity index (χ1n) is 6.79. The Labute approximate surface area is 127 Å². The SMILES string of the molecule is CSc1nc2c(C)cccc2c(=O)n1Cc1ccccc1. The van der Waals surface area contributed by atoms with E-state index in [9.17, 15) is 4.79 Å². The molecule has 0 unspecified atom stereocenters. The second kappa shape index (κ2) is 5.74. The number of fused-ring (bicyclic) bond motifs is 1. The van der Waals surface area contributed by atoms with Gasteiger partial charge in [0.15, 0.2) is 5.16 Å². The minimum Gasteiger partial charge on any atom is -0.283 e. The van der Waals surface area contributed by atoms with E-state index >= 15 is 0 Å². The lowest BCUT2D eigenvalue weighted by atomic mass is 10.1. The number of rotatable bonds is 3. The van der Waals surface area contributed by atoms with Crippen LogP contribution in [0.2, 0.25) is 0 Å². The lowest BCUT2D eigenvalue weighted by molar-refractivity contribution is 0.658. The van der Waals surface area contributed by atoms with Crippen LogP contribution >= 0.6 is 11.8 Å². The van der Waals surface area contributed by atoms with Crippen LogP contribution in [0.4, 0.5) is 0 Å². The topological polar surface area (TPSA) is 34.9 Å². The first kappa shape index (κ1) is 13.9. The van der Waals surface area contributed by atoms with E-state index in [1.165, 1.54) is 11.8 Å². The third-order valence-corrected chi connectivity index (χ3v) is 4.19. The fourth-order valence-corrected chi connectivity index (χ4v) is 2.98. The second-order valence-corrected chi connectivity index (χ2v) is 5.72. The Morgan fingerprint density at radius 3 is 2.57 bits per heavy atom. The molecule has 106 valence electrons. The molecule has 0 amide bonds. The molecule has 0 aliphatic heterocycles. The Morgan fingerprint density at radius 2 is 1.86 bits per heavy atom. The summed E-state index contributed by atoms with van der Waals surface area (Å²) in [7, 11) is 0. The summed E-state index contributed by atoms with van der Waals surface area (Å²) in [6.07, 6.45) is 1.95. The highest BCUT2D eigenvalue weighted by Gasteiger charge is 2.11. The summed E-state index contributed by atoms with van der Waals surface area (Å²) < 4.78 is 1.75. The first-order valence-corrected chi connectivity index (χ1v) is 8.01. The average molecular weight is 296 g/mol. The summed E-state index contributed by atoms with van der Waals surface area (Å²) in [5, 5.41) is 1.44. The van der Waals surface area contributed by atoms with E-state index in [0.717, 1.165) is 21.8 Å². The van der Waals surface area contributed by atoms with Crippen molar-refractivity contribution in [2.45, 2.75) is 18.6 Å². The summed E-state index contributed by atoms with van der Waals surface area (Å²) >= 11 is 1.50. The van der Waals surface area contributed by atoms with Crippen molar-refractivity contribution in [3.05, 3.63) is 70.0 Å². The zero-order valence-electron chi connectivity index (χ0n) is 12.0. The predicted molar refractivity (Wildman–Crippen MR) is 88.1 cm³/mol. The number of aromatic nitrogens is 2. The van der Waals surface area contributed by atoms with Gasteiger partial charge in [0.25, 0.3) is 5.56 Å². The number of benzene rings is 2. The Bertz CT molecular complexity index is 841.